The van der Waals surface area contributed by atoms with Gasteiger partial charge in [-0.25, -0.2) is 14.4 Å². The van der Waals surface area contributed by atoms with Gasteiger partial charge in [0.15, 0.2) is 5.82 Å². The first kappa shape index (κ1) is 13.9. The van der Waals surface area contributed by atoms with Crippen molar-refractivity contribution in [3.05, 3.63) is 40.2 Å². The summed E-state index contributed by atoms with van der Waals surface area (Å²) >= 11 is 3.35. The summed E-state index contributed by atoms with van der Waals surface area (Å²) in [6, 6.07) is 6.42. The predicted molar refractivity (Wildman–Crippen MR) is 78.8 cm³/mol. The minimum absolute atomic E-state index is 0.288. The van der Waals surface area contributed by atoms with Crippen LogP contribution in [-0.4, -0.2) is 17.0 Å². The molecule has 5 heteroatoms. The van der Waals surface area contributed by atoms with Crippen LogP contribution in [0.25, 0.3) is 11.4 Å². The normalized spacial score (nSPS) is 10.8. The number of anilines is 1. The van der Waals surface area contributed by atoms with Gasteiger partial charge in [0.25, 0.3) is 0 Å². The predicted octanol–water partition coefficient (Wildman–Crippen LogP) is 4.21. The van der Waals surface area contributed by atoms with Gasteiger partial charge < -0.3 is 5.32 Å². The van der Waals surface area contributed by atoms with Crippen LogP contribution in [0.1, 0.15) is 25.5 Å². The molecule has 1 heterocycles. The Balaban J connectivity index is 2.57. The third kappa shape index (κ3) is 3.10. The van der Waals surface area contributed by atoms with Crippen LogP contribution in [0.4, 0.5) is 10.2 Å². The molecule has 0 aliphatic rings. The second-order valence-corrected chi connectivity index (χ2v) is 5.38. The summed E-state index contributed by atoms with van der Waals surface area (Å²) in [5, 5.41) is 3.02. The SMILES string of the molecule is CNc1cc(C(C)C)nc(-c2ccc(F)cc2Br)n1. The number of nitrogens with one attached hydrogen (secondary N) is 1. The largest absolute Gasteiger partial charge is 0.373 e. The zero-order valence-electron chi connectivity index (χ0n) is 11.0. The highest BCUT2D eigenvalue weighted by atomic mass is 79.9. The van der Waals surface area contributed by atoms with E-state index in [1.54, 1.807) is 6.07 Å². The maximum absolute atomic E-state index is 13.1. The molecule has 0 saturated heterocycles. The lowest BCUT2D eigenvalue weighted by atomic mass is 10.1. The van der Waals surface area contributed by atoms with E-state index in [1.165, 1.54) is 12.1 Å². The van der Waals surface area contributed by atoms with E-state index in [9.17, 15) is 4.39 Å². The summed E-state index contributed by atoms with van der Waals surface area (Å²) < 4.78 is 13.8. The molecule has 1 N–H and O–H groups in total. The fourth-order valence-electron chi connectivity index (χ4n) is 1.68. The molecule has 2 rings (SSSR count). The molecule has 0 aliphatic carbocycles. The summed E-state index contributed by atoms with van der Waals surface area (Å²) in [7, 11) is 1.82. The third-order valence-electron chi connectivity index (χ3n) is 2.77. The van der Waals surface area contributed by atoms with Crippen molar-refractivity contribution >= 4 is 21.7 Å². The summed E-state index contributed by atoms with van der Waals surface area (Å²) in [5.41, 5.74) is 1.73. The average molecular weight is 324 g/mol. The monoisotopic (exact) mass is 323 g/mol. The number of hydrogen-bond acceptors (Lipinski definition) is 3. The minimum atomic E-state index is -0.288. The van der Waals surface area contributed by atoms with Crippen LogP contribution in [0.5, 0.6) is 0 Å². The topological polar surface area (TPSA) is 37.8 Å². The highest BCUT2D eigenvalue weighted by molar-refractivity contribution is 9.10. The van der Waals surface area contributed by atoms with E-state index in [1.807, 2.05) is 13.1 Å². The fourth-order valence-corrected chi connectivity index (χ4v) is 2.21. The number of nitrogens with zero attached hydrogens (tertiary/aromatic N) is 2. The molecule has 100 valence electrons. The van der Waals surface area contributed by atoms with Gasteiger partial charge in [0.05, 0.1) is 0 Å². The zero-order chi connectivity index (χ0) is 14.0. The van der Waals surface area contributed by atoms with Gasteiger partial charge >= 0.3 is 0 Å². The molecule has 0 radical (unpaired) electrons. The Hall–Kier alpha value is -1.49. The molecule has 2 aromatic rings. The van der Waals surface area contributed by atoms with E-state index in [0.29, 0.717) is 16.2 Å². The maximum atomic E-state index is 13.1. The molecule has 0 unspecified atom stereocenters. The Kier molecular flexibility index (Phi) is 4.14. The van der Waals surface area contributed by atoms with Crippen molar-refractivity contribution in [1.82, 2.24) is 9.97 Å². The number of hydrogen-bond donors (Lipinski definition) is 1. The minimum Gasteiger partial charge on any atom is -0.373 e. The van der Waals surface area contributed by atoms with Gasteiger partial charge in [0.2, 0.25) is 0 Å². The molecule has 0 bridgehead atoms. The first-order chi connectivity index (χ1) is 9.01. The van der Waals surface area contributed by atoms with Gasteiger partial charge in [-0.15, -0.1) is 0 Å². The van der Waals surface area contributed by atoms with Crippen molar-refractivity contribution in [3.63, 3.8) is 0 Å². The van der Waals surface area contributed by atoms with Crippen molar-refractivity contribution < 1.29 is 4.39 Å². The van der Waals surface area contributed by atoms with Crippen LogP contribution in [0, 0.1) is 5.82 Å². The molecular weight excluding hydrogens is 309 g/mol. The van der Waals surface area contributed by atoms with E-state index in [-0.39, 0.29) is 5.82 Å². The zero-order valence-corrected chi connectivity index (χ0v) is 12.6. The lowest BCUT2D eigenvalue weighted by molar-refractivity contribution is 0.627. The van der Waals surface area contributed by atoms with Crippen LogP contribution >= 0.6 is 15.9 Å². The second kappa shape index (κ2) is 5.65. The van der Waals surface area contributed by atoms with Crippen LogP contribution < -0.4 is 5.32 Å². The summed E-state index contributed by atoms with van der Waals surface area (Å²) in [5.74, 6) is 1.35. The number of aromatic nitrogens is 2. The molecule has 0 fully saturated rings. The Morgan fingerprint density at radius 1 is 1.21 bits per heavy atom. The van der Waals surface area contributed by atoms with Gasteiger partial charge in [-0.2, -0.15) is 0 Å². The van der Waals surface area contributed by atoms with Crippen molar-refractivity contribution in [2.75, 3.05) is 12.4 Å². The number of halogens is 2. The van der Waals surface area contributed by atoms with Crippen LogP contribution in [0.15, 0.2) is 28.7 Å². The molecule has 3 nitrogen and oxygen atoms in total. The summed E-state index contributed by atoms with van der Waals surface area (Å²) in [6.45, 7) is 4.15. The highest BCUT2D eigenvalue weighted by Gasteiger charge is 2.12. The quantitative estimate of drug-likeness (QED) is 0.919. The van der Waals surface area contributed by atoms with Gasteiger partial charge in [-0.05, 0) is 40.0 Å². The first-order valence-corrected chi connectivity index (χ1v) is 6.82. The fraction of sp³-hybridized carbons (Fsp3) is 0.286. The lowest BCUT2D eigenvalue weighted by Crippen LogP contribution is -2.02. The average Bonchev–Trinajstić information content (AvgIpc) is 2.38. The summed E-state index contributed by atoms with van der Waals surface area (Å²) in [4.78, 5) is 8.96. The van der Waals surface area contributed by atoms with Crippen molar-refractivity contribution in [2.45, 2.75) is 19.8 Å². The van der Waals surface area contributed by atoms with Gasteiger partial charge in [0, 0.05) is 28.8 Å². The summed E-state index contributed by atoms with van der Waals surface area (Å²) in [6.07, 6.45) is 0. The first-order valence-electron chi connectivity index (χ1n) is 6.03. The van der Waals surface area contributed by atoms with Crippen LogP contribution in [0.2, 0.25) is 0 Å². The molecule has 1 aromatic heterocycles. The molecule has 0 amide bonds. The second-order valence-electron chi connectivity index (χ2n) is 4.53. The third-order valence-corrected chi connectivity index (χ3v) is 3.42. The van der Waals surface area contributed by atoms with Crippen molar-refractivity contribution in [1.29, 1.82) is 0 Å². The smallest absolute Gasteiger partial charge is 0.162 e. The van der Waals surface area contributed by atoms with E-state index in [2.05, 4.69) is 45.1 Å². The maximum Gasteiger partial charge on any atom is 0.162 e. The standard InChI is InChI=1S/C14H15BrFN3/c1-8(2)12-7-13(17-3)19-14(18-12)10-5-4-9(16)6-11(10)15/h4-8H,1-3H3,(H,17,18,19). The van der Waals surface area contributed by atoms with E-state index in [0.717, 1.165) is 17.1 Å². The van der Waals surface area contributed by atoms with E-state index >= 15 is 0 Å². The van der Waals surface area contributed by atoms with Crippen molar-refractivity contribution in [3.8, 4) is 11.4 Å². The Morgan fingerprint density at radius 3 is 2.53 bits per heavy atom. The molecule has 19 heavy (non-hydrogen) atoms. The van der Waals surface area contributed by atoms with Crippen LogP contribution in [-0.2, 0) is 0 Å². The number of rotatable bonds is 3. The Labute approximate surface area is 120 Å². The lowest BCUT2D eigenvalue weighted by Gasteiger charge is -2.11. The molecule has 0 saturated carbocycles. The molecule has 0 aliphatic heterocycles. The molecule has 0 spiro atoms. The van der Waals surface area contributed by atoms with Crippen molar-refractivity contribution in [2.24, 2.45) is 0 Å². The molecular formula is C14H15BrFN3. The molecule has 0 atom stereocenters. The number of benzene rings is 1. The Morgan fingerprint density at radius 2 is 1.95 bits per heavy atom. The molecule has 1 aromatic carbocycles. The van der Waals surface area contributed by atoms with Crippen LogP contribution in [0.3, 0.4) is 0 Å². The van der Waals surface area contributed by atoms with E-state index < -0.39 is 0 Å². The van der Waals surface area contributed by atoms with Gasteiger partial charge in [-0.3, -0.25) is 0 Å². The Bertz CT molecular complexity index is 599. The van der Waals surface area contributed by atoms with Gasteiger partial charge in [-0.1, -0.05) is 13.8 Å². The van der Waals surface area contributed by atoms with Gasteiger partial charge in [0.1, 0.15) is 11.6 Å². The highest BCUT2D eigenvalue weighted by Crippen LogP contribution is 2.28. The van der Waals surface area contributed by atoms with E-state index in [4.69, 9.17) is 0 Å².